The number of nitrogens with one attached hydrogen (secondary N) is 1. The lowest BCUT2D eigenvalue weighted by Crippen LogP contribution is -2.33. The molecule has 0 bridgehead atoms. The van der Waals surface area contributed by atoms with Crippen LogP contribution in [0, 0.1) is 5.92 Å². The third-order valence-electron chi connectivity index (χ3n) is 3.87. The van der Waals surface area contributed by atoms with E-state index in [1.54, 1.807) is 0 Å². The molecule has 1 aromatic rings. The lowest BCUT2D eigenvalue weighted by molar-refractivity contribution is 0.0773. The average Bonchev–Trinajstić information content (AvgIpc) is 2.93. The first kappa shape index (κ1) is 16.4. The van der Waals surface area contributed by atoms with Gasteiger partial charge in [-0.15, -0.1) is 0 Å². The summed E-state index contributed by atoms with van der Waals surface area (Å²) in [5.41, 5.74) is 0. The largest absolute Gasteiger partial charge is 0.381 e. The van der Waals surface area contributed by atoms with Crippen molar-refractivity contribution in [3.05, 3.63) is 11.7 Å². The van der Waals surface area contributed by atoms with Gasteiger partial charge in [0, 0.05) is 25.0 Å². The van der Waals surface area contributed by atoms with Crippen LogP contribution in [0.4, 0.5) is 0 Å². The number of aromatic nitrogens is 2. The molecule has 2 unspecified atom stereocenters. The minimum Gasteiger partial charge on any atom is -0.381 e. The van der Waals surface area contributed by atoms with Crippen LogP contribution in [0.25, 0.3) is 0 Å². The molecule has 2 atom stereocenters. The van der Waals surface area contributed by atoms with Crippen LogP contribution in [0.3, 0.4) is 0 Å². The topological polar surface area (TPSA) is 60.2 Å². The first-order valence-electron chi connectivity index (χ1n) is 8.32. The fourth-order valence-corrected chi connectivity index (χ4v) is 2.83. The third kappa shape index (κ3) is 5.40. The molecule has 21 heavy (non-hydrogen) atoms. The molecule has 1 N–H and O–H groups in total. The predicted molar refractivity (Wildman–Crippen MR) is 82.3 cm³/mol. The molecule has 1 aromatic heterocycles. The molecule has 0 aromatic carbocycles. The highest BCUT2D eigenvalue weighted by Crippen LogP contribution is 2.23. The summed E-state index contributed by atoms with van der Waals surface area (Å²) >= 11 is 0. The van der Waals surface area contributed by atoms with Crippen molar-refractivity contribution in [2.75, 3.05) is 19.8 Å². The molecule has 120 valence electrons. The molecule has 1 saturated heterocycles. The van der Waals surface area contributed by atoms with Crippen LogP contribution in [0.5, 0.6) is 0 Å². The van der Waals surface area contributed by atoms with Gasteiger partial charge in [-0.05, 0) is 38.1 Å². The minimum atomic E-state index is 0.309. The minimum absolute atomic E-state index is 0.309. The number of nitrogens with zero attached hydrogens (tertiary/aromatic N) is 2. The Kier molecular flexibility index (Phi) is 6.64. The van der Waals surface area contributed by atoms with Gasteiger partial charge in [0.1, 0.15) is 0 Å². The van der Waals surface area contributed by atoms with E-state index in [9.17, 15) is 0 Å². The van der Waals surface area contributed by atoms with Gasteiger partial charge in [0.05, 0.1) is 6.61 Å². The van der Waals surface area contributed by atoms with Crippen LogP contribution >= 0.6 is 0 Å². The average molecular weight is 295 g/mol. The normalized spacial score (nSPS) is 20.9. The maximum atomic E-state index is 5.50. The van der Waals surface area contributed by atoms with Gasteiger partial charge in [-0.3, -0.25) is 0 Å². The van der Waals surface area contributed by atoms with Gasteiger partial charge in [-0.25, -0.2) is 0 Å². The Morgan fingerprint density at radius 3 is 2.90 bits per heavy atom. The SMILES string of the molecule is CCCNC(Cc1nc(C2CCCOC2)no1)CC(C)C. The van der Waals surface area contributed by atoms with Gasteiger partial charge in [-0.2, -0.15) is 4.98 Å². The summed E-state index contributed by atoms with van der Waals surface area (Å²) in [7, 11) is 0. The maximum Gasteiger partial charge on any atom is 0.228 e. The van der Waals surface area contributed by atoms with Crippen LogP contribution < -0.4 is 5.32 Å². The molecule has 2 heterocycles. The van der Waals surface area contributed by atoms with E-state index in [-0.39, 0.29) is 0 Å². The summed E-state index contributed by atoms with van der Waals surface area (Å²) in [6.45, 7) is 9.31. The van der Waals surface area contributed by atoms with E-state index in [4.69, 9.17) is 9.26 Å². The molecule has 5 heteroatoms. The van der Waals surface area contributed by atoms with Gasteiger partial charge in [0.15, 0.2) is 5.82 Å². The number of hydrogen-bond donors (Lipinski definition) is 1. The second kappa shape index (κ2) is 8.49. The number of hydrogen-bond acceptors (Lipinski definition) is 5. The standard InChI is InChI=1S/C16H29N3O2/c1-4-7-17-14(9-12(2)3)10-15-18-16(19-21-15)13-6-5-8-20-11-13/h12-14,17H,4-11H2,1-3H3. The fourth-order valence-electron chi connectivity index (χ4n) is 2.83. The summed E-state index contributed by atoms with van der Waals surface area (Å²) in [5.74, 6) is 2.55. The Hall–Kier alpha value is -0.940. The maximum absolute atomic E-state index is 5.50. The van der Waals surface area contributed by atoms with E-state index in [0.29, 0.717) is 17.9 Å². The summed E-state index contributed by atoms with van der Waals surface area (Å²) < 4.78 is 11.0. The van der Waals surface area contributed by atoms with Crippen molar-refractivity contribution in [2.45, 2.75) is 64.8 Å². The molecule has 1 aliphatic heterocycles. The fraction of sp³-hybridized carbons (Fsp3) is 0.875. The molecule has 1 fully saturated rings. The van der Waals surface area contributed by atoms with Crippen molar-refractivity contribution in [3.8, 4) is 0 Å². The Morgan fingerprint density at radius 2 is 2.24 bits per heavy atom. The van der Waals surface area contributed by atoms with E-state index in [2.05, 4.69) is 36.2 Å². The van der Waals surface area contributed by atoms with Crippen molar-refractivity contribution >= 4 is 0 Å². The second-order valence-corrected chi connectivity index (χ2v) is 6.45. The van der Waals surface area contributed by atoms with Gasteiger partial charge in [0.25, 0.3) is 0 Å². The van der Waals surface area contributed by atoms with Crippen LogP contribution in [0.1, 0.15) is 64.1 Å². The molecule has 0 aliphatic carbocycles. The van der Waals surface area contributed by atoms with E-state index in [0.717, 1.165) is 63.6 Å². The quantitative estimate of drug-likeness (QED) is 0.799. The monoisotopic (exact) mass is 295 g/mol. The Balaban J connectivity index is 1.91. The predicted octanol–water partition coefficient (Wildman–Crippen LogP) is 2.92. The molecule has 1 aliphatic rings. The molecule has 0 saturated carbocycles. The summed E-state index contributed by atoms with van der Waals surface area (Å²) in [4.78, 5) is 4.59. The van der Waals surface area contributed by atoms with Crippen molar-refractivity contribution in [3.63, 3.8) is 0 Å². The molecule has 0 radical (unpaired) electrons. The third-order valence-corrected chi connectivity index (χ3v) is 3.87. The van der Waals surface area contributed by atoms with Crippen molar-refractivity contribution in [1.29, 1.82) is 0 Å². The molecular formula is C16H29N3O2. The zero-order valence-corrected chi connectivity index (χ0v) is 13.6. The molecular weight excluding hydrogens is 266 g/mol. The second-order valence-electron chi connectivity index (χ2n) is 6.45. The molecule has 5 nitrogen and oxygen atoms in total. The number of ether oxygens (including phenoxy) is 1. The highest BCUT2D eigenvalue weighted by Gasteiger charge is 2.22. The Morgan fingerprint density at radius 1 is 1.38 bits per heavy atom. The molecule has 0 spiro atoms. The first-order valence-corrected chi connectivity index (χ1v) is 8.32. The van der Waals surface area contributed by atoms with Crippen molar-refractivity contribution < 1.29 is 9.26 Å². The molecule has 0 amide bonds. The van der Waals surface area contributed by atoms with Crippen LogP contribution in [-0.2, 0) is 11.2 Å². The van der Waals surface area contributed by atoms with Gasteiger partial charge >= 0.3 is 0 Å². The zero-order valence-electron chi connectivity index (χ0n) is 13.6. The smallest absolute Gasteiger partial charge is 0.228 e. The van der Waals surface area contributed by atoms with Gasteiger partial charge < -0.3 is 14.6 Å². The number of rotatable bonds is 8. The van der Waals surface area contributed by atoms with Crippen molar-refractivity contribution in [1.82, 2.24) is 15.5 Å². The van der Waals surface area contributed by atoms with E-state index in [1.165, 1.54) is 0 Å². The Bertz CT molecular complexity index is 400. The zero-order chi connectivity index (χ0) is 15.1. The van der Waals surface area contributed by atoms with E-state index >= 15 is 0 Å². The highest BCUT2D eigenvalue weighted by atomic mass is 16.5. The summed E-state index contributed by atoms with van der Waals surface area (Å²) in [5, 5.41) is 7.74. The van der Waals surface area contributed by atoms with Crippen LogP contribution in [0.2, 0.25) is 0 Å². The molecule has 2 rings (SSSR count). The lowest BCUT2D eigenvalue weighted by Gasteiger charge is -2.19. The van der Waals surface area contributed by atoms with Crippen LogP contribution in [-0.4, -0.2) is 35.9 Å². The van der Waals surface area contributed by atoms with Crippen molar-refractivity contribution in [2.24, 2.45) is 5.92 Å². The Labute approximate surface area is 127 Å². The first-order chi connectivity index (χ1) is 10.2. The highest BCUT2D eigenvalue weighted by molar-refractivity contribution is 4.98. The van der Waals surface area contributed by atoms with E-state index in [1.807, 2.05) is 0 Å². The van der Waals surface area contributed by atoms with E-state index < -0.39 is 0 Å². The van der Waals surface area contributed by atoms with Crippen LogP contribution in [0.15, 0.2) is 4.52 Å². The lowest BCUT2D eigenvalue weighted by atomic mass is 10.0. The summed E-state index contributed by atoms with van der Waals surface area (Å²) in [6.07, 6.45) is 5.27. The van der Waals surface area contributed by atoms with Gasteiger partial charge in [-0.1, -0.05) is 25.9 Å². The summed E-state index contributed by atoms with van der Waals surface area (Å²) in [6, 6.07) is 0.417. The van der Waals surface area contributed by atoms with Gasteiger partial charge in [0.2, 0.25) is 5.89 Å².